The van der Waals surface area contributed by atoms with Crippen molar-refractivity contribution in [3.05, 3.63) is 60.2 Å². The Hall–Kier alpha value is -3.22. The predicted molar refractivity (Wildman–Crippen MR) is 92.0 cm³/mol. The van der Waals surface area contributed by atoms with Gasteiger partial charge in [-0.05, 0) is 36.8 Å². The number of anilines is 1. The van der Waals surface area contributed by atoms with Gasteiger partial charge in [0.1, 0.15) is 0 Å². The number of benzene rings is 1. The van der Waals surface area contributed by atoms with E-state index in [9.17, 15) is 4.79 Å². The van der Waals surface area contributed by atoms with Crippen molar-refractivity contribution >= 4 is 11.7 Å². The van der Waals surface area contributed by atoms with Crippen molar-refractivity contribution in [2.24, 2.45) is 0 Å². The first kappa shape index (κ1) is 15.3. The highest BCUT2D eigenvalue weighted by molar-refractivity contribution is 5.90. The van der Waals surface area contributed by atoms with Crippen LogP contribution in [0.15, 0.2) is 53.3 Å². The number of likely N-dealkylation sites (tertiary alicyclic amines) is 1. The van der Waals surface area contributed by atoms with E-state index in [1.165, 1.54) is 0 Å². The number of carbonyl (C=O) groups is 1. The zero-order valence-electron chi connectivity index (χ0n) is 13.7. The molecular formula is C18H17N5O2. The summed E-state index contributed by atoms with van der Waals surface area (Å²) in [5, 5.41) is 6.89. The Morgan fingerprint density at radius 3 is 2.92 bits per heavy atom. The molecule has 0 atom stereocenters. The quantitative estimate of drug-likeness (QED) is 0.795. The predicted octanol–water partition coefficient (Wildman–Crippen LogP) is 3.07. The van der Waals surface area contributed by atoms with Gasteiger partial charge in [0.25, 0.3) is 0 Å². The minimum atomic E-state index is -0.117. The van der Waals surface area contributed by atoms with Gasteiger partial charge in [-0.15, -0.1) is 0 Å². The molecule has 25 heavy (non-hydrogen) atoms. The second-order valence-corrected chi connectivity index (χ2v) is 6.10. The second-order valence-electron chi connectivity index (χ2n) is 6.10. The normalized spacial score (nSPS) is 14.2. The van der Waals surface area contributed by atoms with E-state index >= 15 is 0 Å². The van der Waals surface area contributed by atoms with Crippen LogP contribution < -0.4 is 5.32 Å². The molecule has 1 aliphatic heterocycles. The van der Waals surface area contributed by atoms with E-state index in [4.69, 9.17) is 4.52 Å². The highest BCUT2D eigenvalue weighted by Crippen LogP contribution is 2.28. The lowest BCUT2D eigenvalue weighted by atomic mass is 10.0. The van der Waals surface area contributed by atoms with Crippen molar-refractivity contribution in [2.75, 3.05) is 18.4 Å². The SMILES string of the molecule is Cc1cccc(NC(=O)N2CC(c3nc(-c4cccnc4)no3)C2)c1. The zero-order valence-corrected chi connectivity index (χ0v) is 13.7. The van der Waals surface area contributed by atoms with Gasteiger partial charge in [0, 0.05) is 36.7 Å². The fourth-order valence-corrected chi connectivity index (χ4v) is 2.74. The minimum Gasteiger partial charge on any atom is -0.339 e. The highest BCUT2D eigenvalue weighted by atomic mass is 16.5. The van der Waals surface area contributed by atoms with Crippen LogP contribution in [0.2, 0.25) is 0 Å². The summed E-state index contributed by atoms with van der Waals surface area (Å²) in [6.45, 7) is 3.11. The first-order valence-electron chi connectivity index (χ1n) is 8.05. The molecule has 7 nitrogen and oxygen atoms in total. The number of nitrogens with zero attached hydrogens (tertiary/aromatic N) is 4. The Bertz CT molecular complexity index is 887. The number of hydrogen-bond donors (Lipinski definition) is 1. The third kappa shape index (κ3) is 3.21. The van der Waals surface area contributed by atoms with Crippen LogP contribution in [0.25, 0.3) is 11.4 Å². The number of nitrogens with one attached hydrogen (secondary N) is 1. The first-order valence-corrected chi connectivity index (χ1v) is 8.05. The first-order chi connectivity index (χ1) is 12.2. The maximum Gasteiger partial charge on any atom is 0.321 e. The molecule has 2 amide bonds. The number of carbonyl (C=O) groups excluding carboxylic acids is 1. The number of aryl methyl sites for hydroxylation is 1. The molecular weight excluding hydrogens is 318 g/mol. The average molecular weight is 335 g/mol. The van der Waals surface area contributed by atoms with Crippen LogP contribution in [0.4, 0.5) is 10.5 Å². The van der Waals surface area contributed by atoms with E-state index < -0.39 is 0 Å². The molecule has 0 aliphatic carbocycles. The number of rotatable bonds is 3. The van der Waals surface area contributed by atoms with E-state index in [1.807, 2.05) is 43.3 Å². The molecule has 7 heteroatoms. The summed E-state index contributed by atoms with van der Waals surface area (Å²) < 4.78 is 5.34. The molecule has 0 bridgehead atoms. The van der Waals surface area contributed by atoms with Crippen molar-refractivity contribution in [3.63, 3.8) is 0 Å². The molecule has 1 N–H and O–H groups in total. The Balaban J connectivity index is 1.36. The summed E-state index contributed by atoms with van der Waals surface area (Å²) in [6.07, 6.45) is 3.39. The average Bonchev–Trinajstić information content (AvgIpc) is 3.04. The number of aromatic nitrogens is 3. The van der Waals surface area contributed by atoms with Crippen LogP contribution in [0.5, 0.6) is 0 Å². The van der Waals surface area contributed by atoms with Gasteiger partial charge in [-0.25, -0.2) is 4.79 Å². The monoisotopic (exact) mass is 335 g/mol. The van der Waals surface area contributed by atoms with E-state index in [-0.39, 0.29) is 11.9 Å². The zero-order chi connectivity index (χ0) is 17.2. The minimum absolute atomic E-state index is 0.0705. The fraction of sp³-hybridized carbons (Fsp3) is 0.222. The summed E-state index contributed by atoms with van der Waals surface area (Å²) in [4.78, 5) is 22.4. The Morgan fingerprint density at radius 1 is 1.28 bits per heavy atom. The highest BCUT2D eigenvalue weighted by Gasteiger charge is 2.35. The molecule has 3 aromatic rings. The molecule has 1 aromatic carbocycles. The third-order valence-corrected chi connectivity index (χ3v) is 4.15. The van der Waals surface area contributed by atoms with Crippen LogP contribution in [0.3, 0.4) is 0 Å². The van der Waals surface area contributed by atoms with Crippen molar-refractivity contribution in [2.45, 2.75) is 12.8 Å². The molecule has 3 heterocycles. The lowest BCUT2D eigenvalue weighted by molar-refractivity contribution is 0.147. The van der Waals surface area contributed by atoms with Gasteiger partial charge in [0.2, 0.25) is 11.7 Å². The summed E-state index contributed by atoms with van der Waals surface area (Å²) >= 11 is 0. The van der Waals surface area contributed by atoms with Crippen molar-refractivity contribution in [1.82, 2.24) is 20.0 Å². The van der Waals surface area contributed by atoms with E-state index in [0.29, 0.717) is 24.8 Å². The molecule has 126 valence electrons. The van der Waals surface area contributed by atoms with E-state index in [1.54, 1.807) is 17.3 Å². The van der Waals surface area contributed by atoms with Crippen molar-refractivity contribution in [1.29, 1.82) is 0 Å². The Morgan fingerprint density at radius 2 is 2.16 bits per heavy atom. The summed E-state index contributed by atoms with van der Waals surface area (Å²) in [5.41, 5.74) is 2.71. The molecule has 1 fully saturated rings. The van der Waals surface area contributed by atoms with Crippen LogP contribution in [-0.2, 0) is 0 Å². The van der Waals surface area contributed by atoms with E-state index in [2.05, 4.69) is 20.4 Å². The fourth-order valence-electron chi connectivity index (χ4n) is 2.74. The van der Waals surface area contributed by atoms with Gasteiger partial charge in [-0.2, -0.15) is 4.98 Å². The lowest BCUT2D eigenvalue weighted by Gasteiger charge is -2.36. The standard InChI is InChI=1S/C18H17N5O2/c1-12-4-2-6-15(8-12)20-18(24)23-10-14(11-23)17-21-16(22-25-17)13-5-3-7-19-9-13/h2-9,14H,10-11H2,1H3,(H,20,24). The van der Waals surface area contributed by atoms with Gasteiger partial charge in [-0.3, -0.25) is 4.98 Å². The maximum atomic E-state index is 12.2. The number of amides is 2. The van der Waals surface area contributed by atoms with Crippen LogP contribution in [0.1, 0.15) is 17.4 Å². The van der Waals surface area contributed by atoms with Gasteiger partial charge >= 0.3 is 6.03 Å². The Labute approximate surface area is 144 Å². The van der Waals surface area contributed by atoms with Crippen LogP contribution >= 0.6 is 0 Å². The molecule has 0 unspecified atom stereocenters. The molecule has 1 saturated heterocycles. The van der Waals surface area contributed by atoms with Gasteiger partial charge < -0.3 is 14.7 Å². The number of urea groups is 1. The summed E-state index contributed by atoms with van der Waals surface area (Å²) in [6, 6.07) is 11.3. The number of pyridine rings is 1. The Kier molecular flexibility index (Phi) is 3.89. The third-order valence-electron chi connectivity index (χ3n) is 4.15. The maximum absolute atomic E-state index is 12.2. The lowest BCUT2D eigenvalue weighted by Crippen LogP contribution is -2.50. The number of hydrogen-bond acceptors (Lipinski definition) is 5. The topological polar surface area (TPSA) is 84.2 Å². The summed E-state index contributed by atoms with van der Waals surface area (Å²) in [5.74, 6) is 1.14. The van der Waals surface area contributed by atoms with Crippen LogP contribution in [-0.4, -0.2) is 39.1 Å². The van der Waals surface area contributed by atoms with Crippen molar-refractivity contribution in [3.8, 4) is 11.4 Å². The second kappa shape index (κ2) is 6.35. The molecule has 2 aromatic heterocycles. The molecule has 0 saturated carbocycles. The largest absolute Gasteiger partial charge is 0.339 e. The smallest absolute Gasteiger partial charge is 0.321 e. The van der Waals surface area contributed by atoms with E-state index in [0.717, 1.165) is 16.8 Å². The van der Waals surface area contributed by atoms with Gasteiger partial charge in [0.05, 0.1) is 5.92 Å². The molecule has 0 radical (unpaired) electrons. The summed E-state index contributed by atoms with van der Waals surface area (Å²) in [7, 11) is 0. The molecule has 0 spiro atoms. The van der Waals surface area contributed by atoms with Gasteiger partial charge in [-0.1, -0.05) is 17.3 Å². The van der Waals surface area contributed by atoms with Crippen molar-refractivity contribution < 1.29 is 9.32 Å². The van der Waals surface area contributed by atoms with Gasteiger partial charge in [0.15, 0.2) is 0 Å². The molecule has 4 rings (SSSR count). The van der Waals surface area contributed by atoms with Crippen LogP contribution in [0, 0.1) is 6.92 Å². The molecule has 1 aliphatic rings.